The minimum absolute atomic E-state index is 0.580. The molecule has 21 heavy (non-hydrogen) atoms. The predicted octanol–water partition coefficient (Wildman–Crippen LogP) is 5.39. The van der Waals surface area contributed by atoms with E-state index in [1.54, 1.807) is 0 Å². The van der Waals surface area contributed by atoms with E-state index in [4.69, 9.17) is 11.6 Å². The highest BCUT2D eigenvalue weighted by Crippen LogP contribution is 2.33. The number of halogens is 1. The van der Waals surface area contributed by atoms with E-state index in [1.165, 1.54) is 43.2 Å². The molecule has 0 saturated heterocycles. The van der Waals surface area contributed by atoms with Crippen molar-refractivity contribution in [1.82, 2.24) is 5.32 Å². The molecule has 0 aromatic heterocycles. The molecule has 1 aromatic carbocycles. The van der Waals surface area contributed by atoms with Gasteiger partial charge in [-0.1, -0.05) is 56.8 Å². The van der Waals surface area contributed by atoms with Gasteiger partial charge < -0.3 is 5.32 Å². The lowest BCUT2D eigenvalue weighted by Gasteiger charge is -2.27. The summed E-state index contributed by atoms with van der Waals surface area (Å²) in [5, 5.41) is 4.60. The normalized spacial score (nSPS) is 23.3. The summed E-state index contributed by atoms with van der Waals surface area (Å²) in [6.45, 7) is 7.74. The van der Waals surface area contributed by atoms with Gasteiger partial charge in [0.25, 0.3) is 0 Å². The van der Waals surface area contributed by atoms with Gasteiger partial charge in [-0.2, -0.15) is 0 Å². The molecule has 1 aromatic rings. The van der Waals surface area contributed by atoms with E-state index in [9.17, 15) is 0 Å². The average Bonchev–Trinajstić information content (AvgIpc) is 2.65. The fourth-order valence-electron chi connectivity index (χ4n) is 3.49. The van der Waals surface area contributed by atoms with E-state index in [0.717, 1.165) is 29.8 Å². The Morgan fingerprint density at radius 2 is 1.86 bits per heavy atom. The standard InChI is InChI=1S/C19H30ClN/c1-14(2)21-13-18-8-6-4-5-7-16(18)12-17-10-9-15(3)11-19(17)20/h9-11,14,16,18,21H,4-8,12-13H2,1-3H3. The first-order valence-electron chi connectivity index (χ1n) is 8.54. The number of rotatable bonds is 5. The molecule has 118 valence electrons. The van der Waals surface area contributed by atoms with Crippen molar-refractivity contribution < 1.29 is 0 Å². The second-order valence-corrected chi connectivity index (χ2v) is 7.43. The van der Waals surface area contributed by atoms with Crippen molar-refractivity contribution in [2.24, 2.45) is 11.8 Å². The highest BCUT2D eigenvalue weighted by atomic mass is 35.5. The van der Waals surface area contributed by atoms with Gasteiger partial charge in [0.15, 0.2) is 0 Å². The largest absolute Gasteiger partial charge is 0.314 e. The molecular weight excluding hydrogens is 278 g/mol. The van der Waals surface area contributed by atoms with Crippen molar-refractivity contribution >= 4 is 11.6 Å². The molecule has 0 spiro atoms. The molecule has 2 unspecified atom stereocenters. The van der Waals surface area contributed by atoms with Gasteiger partial charge in [0, 0.05) is 11.1 Å². The van der Waals surface area contributed by atoms with Crippen LogP contribution in [0.1, 0.15) is 57.1 Å². The van der Waals surface area contributed by atoms with E-state index < -0.39 is 0 Å². The van der Waals surface area contributed by atoms with Gasteiger partial charge in [0.1, 0.15) is 0 Å². The van der Waals surface area contributed by atoms with Crippen molar-refractivity contribution in [3.8, 4) is 0 Å². The zero-order valence-electron chi connectivity index (χ0n) is 13.8. The summed E-state index contributed by atoms with van der Waals surface area (Å²) in [6, 6.07) is 7.11. The Hall–Kier alpha value is -0.530. The first kappa shape index (κ1) is 16.8. The van der Waals surface area contributed by atoms with Crippen molar-refractivity contribution in [2.45, 2.75) is 65.3 Å². The number of nitrogens with one attached hydrogen (secondary N) is 1. The van der Waals surface area contributed by atoms with Crippen molar-refractivity contribution in [3.63, 3.8) is 0 Å². The monoisotopic (exact) mass is 307 g/mol. The van der Waals surface area contributed by atoms with Crippen LogP contribution >= 0.6 is 11.6 Å². The Bertz CT molecular complexity index is 441. The maximum absolute atomic E-state index is 6.45. The SMILES string of the molecule is Cc1ccc(CC2CCCCCC2CNC(C)C)c(Cl)c1. The molecule has 1 nitrogen and oxygen atoms in total. The average molecular weight is 308 g/mol. The van der Waals surface area contributed by atoms with Crippen LogP contribution in [-0.4, -0.2) is 12.6 Å². The van der Waals surface area contributed by atoms with Crippen LogP contribution in [0.25, 0.3) is 0 Å². The molecule has 2 atom stereocenters. The van der Waals surface area contributed by atoms with Crippen LogP contribution in [0.5, 0.6) is 0 Å². The molecule has 0 heterocycles. The zero-order chi connectivity index (χ0) is 15.2. The van der Waals surface area contributed by atoms with Gasteiger partial charge in [-0.25, -0.2) is 0 Å². The van der Waals surface area contributed by atoms with E-state index >= 15 is 0 Å². The van der Waals surface area contributed by atoms with E-state index in [-0.39, 0.29) is 0 Å². The number of hydrogen-bond donors (Lipinski definition) is 1. The molecule has 0 bridgehead atoms. The molecule has 0 radical (unpaired) electrons. The minimum Gasteiger partial charge on any atom is -0.314 e. The van der Waals surface area contributed by atoms with Crippen LogP contribution in [0.2, 0.25) is 5.02 Å². The molecule has 2 heteroatoms. The smallest absolute Gasteiger partial charge is 0.0440 e. The second kappa shape index (κ2) is 8.19. The second-order valence-electron chi connectivity index (χ2n) is 7.02. The Kier molecular flexibility index (Phi) is 6.57. The maximum atomic E-state index is 6.45. The minimum atomic E-state index is 0.580. The number of hydrogen-bond acceptors (Lipinski definition) is 1. The molecule has 0 amide bonds. The highest BCUT2D eigenvalue weighted by Gasteiger charge is 2.24. The van der Waals surface area contributed by atoms with Crippen LogP contribution in [0.3, 0.4) is 0 Å². The Morgan fingerprint density at radius 1 is 1.14 bits per heavy atom. The van der Waals surface area contributed by atoms with Crippen molar-refractivity contribution in [2.75, 3.05) is 6.54 Å². The zero-order valence-corrected chi connectivity index (χ0v) is 14.5. The Morgan fingerprint density at radius 3 is 2.52 bits per heavy atom. The predicted molar refractivity (Wildman–Crippen MR) is 93.1 cm³/mol. The van der Waals surface area contributed by atoms with Crippen molar-refractivity contribution in [3.05, 3.63) is 34.3 Å². The van der Waals surface area contributed by atoms with Crippen LogP contribution in [0.15, 0.2) is 18.2 Å². The van der Waals surface area contributed by atoms with Crippen LogP contribution in [0, 0.1) is 18.8 Å². The highest BCUT2D eigenvalue weighted by molar-refractivity contribution is 6.31. The lowest BCUT2D eigenvalue weighted by molar-refractivity contribution is 0.291. The fraction of sp³-hybridized carbons (Fsp3) is 0.684. The number of aryl methyl sites for hydroxylation is 1. The molecule has 1 N–H and O–H groups in total. The summed E-state index contributed by atoms with van der Waals surface area (Å²) >= 11 is 6.45. The topological polar surface area (TPSA) is 12.0 Å². The fourth-order valence-corrected chi connectivity index (χ4v) is 3.80. The molecule has 1 fully saturated rings. The first-order chi connectivity index (χ1) is 10.1. The molecule has 1 saturated carbocycles. The van der Waals surface area contributed by atoms with E-state index in [1.807, 2.05) is 0 Å². The summed E-state index contributed by atoms with van der Waals surface area (Å²) in [7, 11) is 0. The lowest BCUT2D eigenvalue weighted by Crippen LogP contribution is -2.33. The molecule has 2 rings (SSSR count). The Balaban J connectivity index is 2.05. The summed E-state index contributed by atoms with van der Waals surface area (Å²) in [5.41, 5.74) is 2.59. The maximum Gasteiger partial charge on any atom is 0.0440 e. The van der Waals surface area contributed by atoms with E-state index in [2.05, 4.69) is 44.3 Å². The van der Waals surface area contributed by atoms with Crippen LogP contribution in [0.4, 0.5) is 0 Å². The Labute approximate surface area is 135 Å². The summed E-state index contributed by atoms with van der Waals surface area (Å²) < 4.78 is 0. The quantitative estimate of drug-likeness (QED) is 0.720. The lowest BCUT2D eigenvalue weighted by atomic mass is 9.83. The summed E-state index contributed by atoms with van der Waals surface area (Å²) in [4.78, 5) is 0. The molecule has 1 aliphatic carbocycles. The van der Waals surface area contributed by atoms with Gasteiger partial charge in [-0.3, -0.25) is 0 Å². The summed E-state index contributed by atoms with van der Waals surface area (Å²) in [5.74, 6) is 1.58. The van der Waals surface area contributed by atoms with Crippen molar-refractivity contribution in [1.29, 1.82) is 0 Å². The third kappa shape index (κ3) is 5.30. The van der Waals surface area contributed by atoms with Gasteiger partial charge in [0.05, 0.1) is 0 Å². The number of benzene rings is 1. The van der Waals surface area contributed by atoms with Gasteiger partial charge in [-0.15, -0.1) is 0 Å². The van der Waals surface area contributed by atoms with Gasteiger partial charge in [0.2, 0.25) is 0 Å². The third-order valence-corrected chi connectivity index (χ3v) is 5.15. The van der Waals surface area contributed by atoms with Gasteiger partial charge >= 0.3 is 0 Å². The van der Waals surface area contributed by atoms with Crippen LogP contribution < -0.4 is 5.32 Å². The molecule has 0 aliphatic heterocycles. The van der Waals surface area contributed by atoms with E-state index in [0.29, 0.717) is 6.04 Å². The van der Waals surface area contributed by atoms with Crippen LogP contribution in [-0.2, 0) is 6.42 Å². The molecule has 1 aliphatic rings. The summed E-state index contributed by atoms with van der Waals surface area (Å²) in [6.07, 6.45) is 8.04. The first-order valence-corrected chi connectivity index (χ1v) is 8.92. The molecular formula is C19H30ClN. The van der Waals surface area contributed by atoms with Gasteiger partial charge in [-0.05, 0) is 61.8 Å². The third-order valence-electron chi connectivity index (χ3n) is 4.80.